The molecular weight excluding hydrogens is 300 g/mol. The highest BCUT2D eigenvalue weighted by Crippen LogP contribution is 2.47. The van der Waals surface area contributed by atoms with Crippen LogP contribution >= 0.6 is 23.5 Å². The van der Waals surface area contributed by atoms with E-state index >= 15 is 0 Å². The highest BCUT2D eigenvalue weighted by molar-refractivity contribution is 7.99. The van der Waals surface area contributed by atoms with Gasteiger partial charge in [-0.3, -0.25) is 0 Å². The van der Waals surface area contributed by atoms with Crippen LogP contribution in [0.4, 0.5) is 4.79 Å². The van der Waals surface area contributed by atoms with Gasteiger partial charge in [-0.2, -0.15) is 23.5 Å². The number of hydrogen-bond acceptors (Lipinski definition) is 3. The predicted molar refractivity (Wildman–Crippen MR) is 93.2 cm³/mol. The molecule has 3 nitrogen and oxygen atoms in total. The third-order valence-electron chi connectivity index (χ3n) is 5.30. The Kier molecular flexibility index (Phi) is 5.31. The summed E-state index contributed by atoms with van der Waals surface area (Å²) in [7, 11) is 0. The Labute approximate surface area is 137 Å². The summed E-state index contributed by atoms with van der Waals surface area (Å²) < 4.78 is 0. The number of urea groups is 1. The van der Waals surface area contributed by atoms with E-state index in [4.69, 9.17) is 0 Å². The number of hydrogen-bond donors (Lipinski definition) is 2. The summed E-state index contributed by atoms with van der Waals surface area (Å²) in [5.41, 5.74) is 0.154. The lowest BCUT2D eigenvalue weighted by Crippen LogP contribution is -2.49. The number of rotatable bonds is 4. The molecule has 3 fully saturated rings. The van der Waals surface area contributed by atoms with Gasteiger partial charge in [0.05, 0.1) is 0 Å². The molecule has 2 atom stereocenters. The quantitative estimate of drug-likeness (QED) is 0.830. The zero-order valence-electron chi connectivity index (χ0n) is 13.0. The Morgan fingerprint density at radius 1 is 1.19 bits per heavy atom. The van der Waals surface area contributed by atoms with Crippen molar-refractivity contribution >= 4 is 29.6 Å². The van der Waals surface area contributed by atoms with Crippen molar-refractivity contribution in [2.24, 2.45) is 11.8 Å². The molecule has 0 spiro atoms. The van der Waals surface area contributed by atoms with Gasteiger partial charge in [0, 0.05) is 17.3 Å². The smallest absolute Gasteiger partial charge is 0.315 e. The molecule has 2 heterocycles. The third kappa shape index (κ3) is 4.25. The molecule has 0 bridgehead atoms. The molecule has 21 heavy (non-hydrogen) atoms. The van der Waals surface area contributed by atoms with Gasteiger partial charge in [0.15, 0.2) is 0 Å². The number of carbonyl (C=O) groups excluding carboxylic acids is 1. The molecule has 5 heteroatoms. The van der Waals surface area contributed by atoms with E-state index < -0.39 is 0 Å². The van der Waals surface area contributed by atoms with E-state index in [1.54, 1.807) is 0 Å². The number of carbonyl (C=O) groups is 1. The van der Waals surface area contributed by atoms with Gasteiger partial charge in [0.25, 0.3) is 0 Å². The Morgan fingerprint density at radius 3 is 2.62 bits per heavy atom. The molecule has 1 saturated carbocycles. The Bertz CT molecular complexity index is 367. The summed E-state index contributed by atoms with van der Waals surface area (Å²) in [6, 6.07) is 0.0802. The lowest BCUT2D eigenvalue weighted by molar-refractivity contribution is 0.223. The molecule has 2 N–H and O–H groups in total. The van der Waals surface area contributed by atoms with Crippen molar-refractivity contribution in [3.05, 3.63) is 0 Å². The molecule has 2 aliphatic heterocycles. The van der Waals surface area contributed by atoms with Crippen LogP contribution in [0.15, 0.2) is 0 Å². The van der Waals surface area contributed by atoms with Crippen molar-refractivity contribution in [3.8, 4) is 0 Å². The maximum atomic E-state index is 12.2. The second-order valence-electron chi connectivity index (χ2n) is 6.95. The monoisotopic (exact) mass is 328 g/mol. The van der Waals surface area contributed by atoms with Crippen LogP contribution in [0, 0.1) is 11.8 Å². The molecule has 120 valence electrons. The average Bonchev–Trinajstić information content (AvgIpc) is 3.27. The third-order valence-corrected chi connectivity index (χ3v) is 7.58. The molecule has 0 aromatic carbocycles. The Balaban J connectivity index is 1.41. The minimum absolute atomic E-state index is 0.0802. The van der Waals surface area contributed by atoms with E-state index in [1.165, 1.54) is 55.8 Å². The number of amides is 2. The summed E-state index contributed by atoms with van der Waals surface area (Å²) in [6.07, 6.45) is 7.43. The largest absolute Gasteiger partial charge is 0.338 e. The highest BCUT2D eigenvalue weighted by Gasteiger charge is 2.50. The van der Waals surface area contributed by atoms with Gasteiger partial charge >= 0.3 is 6.03 Å². The molecule has 1 aliphatic carbocycles. The van der Waals surface area contributed by atoms with Gasteiger partial charge < -0.3 is 10.6 Å². The average molecular weight is 329 g/mol. The van der Waals surface area contributed by atoms with E-state index in [0.717, 1.165) is 17.7 Å². The summed E-state index contributed by atoms with van der Waals surface area (Å²) >= 11 is 4.12. The van der Waals surface area contributed by atoms with Crippen molar-refractivity contribution in [1.82, 2.24) is 10.6 Å². The summed E-state index contributed by atoms with van der Waals surface area (Å²) in [5.74, 6) is 5.18. The predicted octanol–water partition coefficient (Wildman–Crippen LogP) is 3.49. The van der Waals surface area contributed by atoms with Gasteiger partial charge in [-0.05, 0) is 67.6 Å². The molecule has 2 amide bonds. The number of nitrogens with one attached hydrogen (secondary N) is 2. The summed E-state index contributed by atoms with van der Waals surface area (Å²) in [5, 5.41) is 7.22. The maximum absolute atomic E-state index is 12.2. The second kappa shape index (κ2) is 7.03. The molecular formula is C16H28N2OS2. The fourth-order valence-electron chi connectivity index (χ4n) is 3.80. The highest BCUT2D eigenvalue weighted by atomic mass is 32.2. The minimum Gasteiger partial charge on any atom is -0.338 e. The van der Waals surface area contributed by atoms with E-state index in [1.807, 2.05) is 0 Å². The lowest BCUT2D eigenvalue weighted by atomic mass is 9.91. The summed E-state index contributed by atoms with van der Waals surface area (Å²) in [4.78, 5) is 12.2. The van der Waals surface area contributed by atoms with Crippen molar-refractivity contribution < 1.29 is 4.79 Å². The zero-order valence-corrected chi connectivity index (χ0v) is 14.7. The van der Waals surface area contributed by atoms with Gasteiger partial charge in [0.1, 0.15) is 0 Å². The molecule has 3 rings (SSSR count). The molecule has 0 aromatic heterocycles. The normalized spacial score (nSPS) is 32.4. The van der Waals surface area contributed by atoms with Crippen LogP contribution in [-0.4, -0.2) is 40.6 Å². The van der Waals surface area contributed by atoms with Crippen LogP contribution < -0.4 is 10.6 Å². The fraction of sp³-hybridized carbons (Fsp3) is 0.938. The van der Waals surface area contributed by atoms with Gasteiger partial charge in [-0.1, -0.05) is 6.92 Å². The van der Waals surface area contributed by atoms with Crippen molar-refractivity contribution in [2.45, 2.75) is 56.2 Å². The SMILES string of the molecule is CC1CC(CNC(=O)NC2(C3CCSCC3)CC2)CCS1. The van der Waals surface area contributed by atoms with E-state index in [-0.39, 0.29) is 11.6 Å². The summed E-state index contributed by atoms with van der Waals surface area (Å²) in [6.45, 7) is 3.16. The van der Waals surface area contributed by atoms with E-state index in [9.17, 15) is 4.79 Å². The lowest BCUT2D eigenvalue weighted by Gasteiger charge is -2.31. The maximum Gasteiger partial charge on any atom is 0.315 e. The standard InChI is InChI=1S/C16H28N2OS2/c1-12-10-13(2-9-21-12)11-17-15(19)18-16(5-6-16)14-3-7-20-8-4-14/h12-14H,2-11H2,1H3,(H2,17,18,19). The first-order valence-corrected chi connectivity index (χ1v) is 10.6. The number of thioether (sulfide) groups is 2. The molecule has 0 aromatic rings. The van der Waals surface area contributed by atoms with Crippen molar-refractivity contribution in [3.63, 3.8) is 0 Å². The molecule has 0 radical (unpaired) electrons. The van der Waals surface area contributed by atoms with Crippen LogP contribution in [0.5, 0.6) is 0 Å². The first-order valence-electron chi connectivity index (χ1n) is 8.43. The van der Waals surface area contributed by atoms with Gasteiger partial charge in [-0.15, -0.1) is 0 Å². The van der Waals surface area contributed by atoms with Gasteiger partial charge in [0.2, 0.25) is 0 Å². The first-order chi connectivity index (χ1) is 10.2. The molecule has 3 aliphatic rings. The Morgan fingerprint density at radius 2 is 1.95 bits per heavy atom. The van der Waals surface area contributed by atoms with Crippen LogP contribution in [-0.2, 0) is 0 Å². The van der Waals surface area contributed by atoms with Crippen molar-refractivity contribution in [1.29, 1.82) is 0 Å². The molecule has 2 unspecified atom stereocenters. The fourth-order valence-corrected chi connectivity index (χ4v) is 6.19. The van der Waals surface area contributed by atoms with Crippen LogP contribution in [0.25, 0.3) is 0 Å². The molecule has 2 saturated heterocycles. The topological polar surface area (TPSA) is 41.1 Å². The van der Waals surface area contributed by atoms with Crippen LogP contribution in [0.2, 0.25) is 0 Å². The van der Waals surface area contributed by atoms with Gasteiger partial charge in [-0.25, -0.2) is 4.79 Å². The van der Waals surface area contributed by atoms with Crippen LogP contribution in [0.1, 0.15) is 45.4 Å². The first kappa shape index (κ1) is 15.9. The van der Waals surface area contributed by atoms with E-state index in [0.29, 0.717) is 5.92 Å². The zero-order chi connectivity index (χ0) is 14.7. The van der Waals surface area contributed by atoms with E-state index in [2.05, 4.69) is 41.1 Å². The second-order valence-corrected chi connectivity index (χ2v) is 9.72. The van der Waals surface area contributed by atoms with Crippen molar-refractivity contribution in [2.75, 3.05) is 23.8 Å². The van der Waals surface area contributed by atoms with Crippen LogP contribution in [0.3, 0.4) is 0 Å². The minimum atomic E-state index is 0.0802. The Hall–Kier alpha value is -0.0300.